The van der Waals surface area contributed by atoms with Gasteiger partial charge in [0, 0.05) is 6.54 Å². The number of benzene rings is 2. The van der Waals surface area contributed by atoms with Crippen molar-refractivity contribution in [3.05, 3.63) is 70.3 Å². The molecule has 3 aromatic rings. The van der Waals surface area contributed by atoms with E-state index in [-0.39, 0.29) is 11.5 Å². The molecule has 0 radical (unpaired) electrons. The molecule has 0 aliphatic heterocycles. The zero-order valence-corrected chi connectivity index (χ0v) is 20.4. The predicted molar refractivity (Wildman–Crippen MR) is 132 cm³/mol. The van der Waals surface area contributed by atoms with Gasteiger partial charge in [-0.3, -0.25) is 14.2 Å². The van der Waals surface area contributed by atoms with Crippen molar-refractivity contribution in [2.75, 3.05) is 6.54 Å². The van der Waals surface area contributed by atoms with Gasteiger partial charge in [0.15, 0.2) is 4.84 Å². The first kappa shape index (κ1) is 24.3. The molecule has 0 N–H and O–H groups in total. The van der Waals surface area contributed by atoms with Gasteiger partial charge in [0.25, 0.3) is 11.5 Å². The van der Waals surface area contributed by atoms with Gasteiger partial charge < -0.3 is 4.90 Å². The van der Waals surface area contributed by atoms with Crippen LogP contribution in [0.5, 0.6) is 0 Å². The molecular weight excluding hydrogens is 445 g/mol. The van der Waals surface area contributed by atoms with E-state index >= 15 is 0 Å². The Morgan fingerprint density at radius 2 is 1.75 bits per heavy atom. The average Bonchev–Trinajstić information content (AvgIpc) is 2.77. The summed E-state index contributed by atoms with van der Waals surface area (Å²) in [6.45, 7) is 8.63. The Morgan fingerprint density at radius 3 is 2.34 bits per heavy atom. The second-order valence-electron chi connectivity index (χ2n) is 8.40. The molecule has 0 aliphatic rings. The van der Waals surface area contributed by atoms with E-state index < -0.39 is 10.9 Å². The first-order chi connectivity index (χ1) is 15.2. The molecule has 1 aromatic heterocycles. The molecule has 3 rings (SSSR count). The van der Waals surface area contributed by atoms with Gasteiger partial charge in [-0.1, -0.05) is 73.8 Å². The van der Waals surface area contributed by atoms with E-state index in [1.54, 1.807) is 15.5 Å². The van der Waals surface area contributed by atoms with Crippen molar-refractivity contribution >= 4 is 40.0 Å². The quantitative estimate of drug-likeness (QED) is 0.387. The minimum absolute atomic E-state index is 0.169. The Bertz CT molecular complexity index is 1140. The maximum Gasteiger partial charge on any atom is 0.266 e. The van der Waals surface area contributed by atoms with Gasteiger partial charge >= 0.3 is 0 Å². The molecule has 0 aliphatic carbocycles. The number of hydrogen-bond acceptors (Lipinski definition) is 3. The fourth-order valence-corrected chi connectivity index (χ4v) is 4.05. The number of hydrogen-bond donors (Lipinski definition) is 0. The van der Waals surface area contributed by atoms with Crippen LogP contribution in [-0.4, -0.2) is 31.7 Å². The van der Waals surface area contributed by atoms with Gasteiger partial charge in [-0.05, 0) is 49.9 Å². The SMILES string of the molecule is CCC(c1nc2ccccc2c(=O)n1-c1ccc(C)cc1)N(CCC(C)C)C(=O)C(Cl)Cl. The summed E-state index contributed by atoms with van der Waals surface area (Å²) < 4.78 is 1.61. The molecule has 7 heteroatoms. The monoisotopic (exact) mass is 473 g/mol. The third-order valence-corrected chi connectivity index (χ3v) is 5.95. The van der Waals surface area contributed by atoms with Crippen LogP contribution in [0.15, 0.2) is 53.3 Å². The summed E-state index contributed by atoms with van der Waals surface area (Å²) in [6.07, 6.45) is 1.34. The molecule has 0 saturated carbocycles. The Balaban J connectivity index is 2.27. The van der Waals surface area contributed by atoms with E-state index in [1.807, 2.05) is 56.3 Å². The minimum atomic E-state index is -1.18. The highest BCUT2D eigenvalue weighted by Crippen LogP contribution is 2.28. The second kappa shape index (κ2) is 10.5. The summed E-state index contributed by atoms with van der Waals surface area (Å²) in [7, 11) is 0. The van der Waals surface area contributed by atoms with Gasteiger partial charge in [-0.2, -0.15) is 0 Å². The van der Waals surface area contributed by atoms with Crippen LogP contribution in [0.2, 0.25) is 0 Å². The lowest BCUT2D eigenvalue weighted by Crippen LogP contribution is -2.41. The molecule has 1 heterocycles. The first-order valence-corrected chi connectivity index (χ1v) is 11.8. The zero-order valence-electron chi connectivity index (χ0n) is 18.9. The molecular formula is C25H29Cl2N3O2. The Morgan fingerprint density at radius 1 is 1.09 bits per heavy atom. The smallest absolute Gasteiger partial charge is 0.266 e. The van der Waals surface area contributed by atoms with Crippen LogP contribution in [0, 0.1) is 12.8 Å². The topological polar surface area (TPSA) is 55.2 Å². The number of alkyl halides is 2. The average molecular weight is 474 g/mol. The van der Waals surface area contributed by atoms with Gasteiger partial charge in [-0.25, -0.2) is 4.98 Å². The molecule has 5 nitrogen and oxygen atoms in total. The van der Waals surface area contributed by atoms with Gasteiger partial charge in [0.05, 0.1) is 22.6 Å². The lowest BCUT2D eigenvalue weighted by molar-refractivity contribution is -0.132. The Hall–Kier alpha value is -2.37. The molecule has 1 unspecified atom stereocenters. The highest BCUT2D eigenvalue weighted by molar-refractivity contribution is 6.53. The standard InChI is InChI=1S/C25H29Cl2N3O2/c1-5-21(29(15-14-16(2)3)25(32)22(26)27)23-28-20-9-7-6-8-19(20)24(31)30(23)18-12-10-17(4)11-13-18/h6-13,16,21-22H,5,14-15H2,1-4H3. The lowest BCUT2D eigenvalue weighted by Gasteiger charge is -2.33. The van der Waals surface area contributed by atoms with E-state index in [2.05, 4.69) is 13.8 Å². The Kier molecular flexibility index (Phi) is 7.96. The number of carbonyl (C=O) groups is 1. The number of aromatic nitrogens is 2. The molecule has 32 heavy (non-hydrogen) atoms. The molecule has 2 aromatic carbocycles. The summed E-state index contributed by atoms with van der Waals surface area (Å²) in [5, 5.41) is 0.527. The van der Waals surface area contributed by atoms with Crippen LogP contribution in [0.3, 0.4) is 0 Å². The minimum Gasteiger partial charge on any atom is -0.330 e. The molecule has 170 valence electrons. The number of nitrogens with zero attached hydrogens (tertiary/aromatic N) is 3. The lowest BCUT2D eigenvalue weighted by atomic mass is 10.1. The molecule has 1 amide bonds. The highest BCUT2D eigenvalue weighted by Gasteiger charge is 2.31. The highest BCUT2D eigenvalue weighted by atomic mass is 35.5. The van der Waals surface area contributed by atoms with Crippen molar-refractivity contribution in [1.82, 2.24) is 14.5 Å². The maximum atomic E-state index is 13.6. The summed E-state index contributed by atoms with van der Waals surface area (Å²) >= 11 is 12.0. The van der Waals surface area contributed by atoms with Crippen molar-refractivity contribution in [2.45, 2.75) is 51.4 Å². The van der Waals surface area contributed by atoms with Crippen LogP contribution < -0.4 is 5.56 Å². The van der Waals surface area contributed by atoms with Gasteiger partial charge in [0.1, 0.15) is 5.82 Å². The normalized spacial score (nSPS) is 12.5. The van der Waals surface area contributed by atoms with E-state index in [1.165, 1.54) is 0 Å². The predicted octanol–water partition coefficient (Wildman–Crippen LogP) is 5.82. The van der Waals surface area contributed by atoms with Crippen molar-refractivity contribution < 1.29 is 4.79 Å². The summed E-state index contributed by atoms with van der Waals surface area (Å²) in [5.41, 5.74) is 2.22. The first-order valence-electron chi connectivity index (χ1n) is 10.9. The van der Waals surface area contributed by atoms with Gasteiger partial charge in [-0.15, -0.1) is 0 Å². The van der Waals surface area contributed by atoms with E-state index in [0.29, 0.717) is 41.3 Å². The van der Waals surface area contributed by atoms with Crippen molar-refractivity contribution in [1.29, 1.82) is 0 Å². The van der Waals surface area contributed by atoms with Crippen LogP contribution >= 0.6 is 23.2 Å². The number of fused-ring (bicyclic) bond motifs is 1. The van der Waals surface area contributed by atoms with Crippen LogP contribution in [0.4, 0.5) is 0 Å². The number of para-hydroxylation sites is 1. The largest absolute Gasteiger partial charge is 0.330 e. The van der Waals surface area contributed by atoms with Crippen LogP contribution in [-0.2, 0) is 4.79 Å². The summed E-state index contributed by atoms with van der Waals surface area (Å²) in [5.74, 6) is 0.514. The number of carbonyl (C=O) groups excluding carboxylic acids is 1. The third kappa shape index (κ3) is 5.16. The van der Waals surface area contributed by atoms with E-state index in [9.17, 15) is 9.59 Å². The fourth-order valence-electron chi connectivity index (χ4n) is 3.80. The number of rotatable bonds is 8. The van der Waals surface area contributed by atoms with Gasteiger partial charge in [0.2, 0.25) is 0 Å². The summed E-state index contributed by atoms with van der Waals surface area (Å²) in [6, 6.07) is 14.5. The van der Waals surface area contributed by atoms with Crippen molar-refractivity contribution in [3.8, 4) is 5.69 Å². The number of aryl methyl sites for hydroxylation is 1. The number of halogens is 2. The van der Waals surface area contributed by atoms with E-state index in [4.69, 9.17) is 28.2 Å². The molecule has 0 bridgehead atoms. The van der Waals surface area contributed by atoms with Crippen molar-refractivity contribution in [3.63, 3.8) is 0 Å². The van der Waals surface area contributed by atoms with E-state index in [0.717, 1.165) is 12.0 Å². The van der Waals surface area contributed by atoms with Crippen molar-refractivity contribution in [2.24, 2.45) is 5.92 Å². The fraction of sp³-hybridized carbons (Fsp3) is 0.400. The molecule has 1 atom stereocenters. The maximum absolute atomic E-state index is 13.6. The molecule has 0 spiro atoms. The third-order valence-electron chi connectivity index (χ3n) is 5.57. The second-order valence-corrected chi connectivity index (χ2v) is 9.50. The number of amides is 1. The summed E-state index contributed by atoms with van der Waals surface area (Å²) in [4.78, 5) is 32.0. The zero-order chi connectivity index (χ0) is 23.4. The molecule has 0 fully saturated rings. The van der Waals surface area contributed by atoms with Crippen LogP contribution in [0.25, 0.3) is 16.6 Å². The molecule has 0 saturated heterocycles. The van der Waals surface area contributed by atoms with Crippen LogP contribution in [0.1, 0.15) is 51.0 Å². The Labute approximate surface area is 199 Å².